The largest absolute Gasteiger partial charge is 0.279 e. The van der Waals surface area contributed by atoms with E-state index in [1.54, 1.807) is 6.07 Å². The Labute approximate surface area is 144 Å². The first-order chi connectivity index (χ1) is 11.7. The molecule has 0 spiro atoms. The quantitative estimate of drug-likeness (QED) is 0.446. The lowest BCUT2D eigenvalue weighted by Gasteiger charge is -2.15. The second-order valence-electron chi connectivity index (χ2n) is 5.01. The lowest BCUT2D eigenvalue weighted by molar-refractivity contribution is -0.121. The predicted molar refractivity (Wildman–Crippen MR) is 92.9 cm³/mol. The molecule has 2 aromatic carbocycles. The average molecular weight is 340 g/mol. The van der Waals surface area contributed by atoms with Gasteiger partial charge in [-0.25, -0.2) is 9.97 Å². The summed E-state index contributed by atoms with van der Waals surface area (Å²) in [5.41, 5.74) is 2.23. The molecular formula is C18H14ClN3O2. The van der Waals surface area contributed by atoms with Gasteiger partial charge in [0.15, 0.2) is 11.6 Å². The maximum atomic E-state index is 11.7. The maximum absolute atomic E-state index is 11.7. The van der Waals surface area contributed by atoms with E-state index in [0.717, 1.165) is 11.1 Å². The predicted octanol–water partition coefficient (Wildman–Crippen LogP) is 3.77. The Kier molecular flexibility index (Phi) is 4.84. The number of amides is 1. The molecule has 5 nitrogen and oxygen atoms in total. The van der Waals surface area contributed by atoms with E-state index in [-0.39, 0.29) is 11.7 Å². The zero-order valence-electron chi connectivity index (χ0n) is 12.6. The van der Waals surface area contributed by atoms with Crippen LogP contribution < -0.4 is 5.06 Å². The van der Waals surface area contributed by atoms with Crippen molar-refractivity contribution in [2.24, 2.45) is 0 Å². The number of halogens is 1. The van der Waals surface area contributed by atoms with Gasteiger partial charge in [0.2, 0.25) is 0 Å². The van der Waals surface area contributed by atoms with Gasteiger partial charge in [0.25, 0.3) is 5.91 Å². The summed E-state index contributed by atoms with van der Waals surface area (Å²) in [6.45, 7) is 0. The molecule has 0 bridgehead atoms. The number of aromatic nitrogens is 2. The molecule has 1 heterocycles. The van der Waals surface area contributed by atoms with E-state index in [9.17, 15) is 10.0 Å². The van der Waals surface area contributed by atoms with Gasteiger partial charge in [-0.05, 0) is 0 Å². The highest BCUT2D eigenvalue weighted by atomic mass is 35.5. The monoisotopic (exact) mass is 339 g/mol. The Hall–Kier alpha value is -2.76. The molecule has 0 aliphatic carbocycles. The van der Waals surface area contributed by atoms with Crippen molar-refractivity contribution in [3.05, 3.63) is 66.7 Å². The van der Waals surface area contributed by atoms with Gasteiger partial charge in [-0.3, -0.25) is 10.0 Å². The minimum atomic E-state index is -0.659. The van der Waals surface area contributed by atoms with Gasteiger partial charge < -0.3 is 0 Å². The van der Waals surface area contributed by atoms with Crippen LogP contribution in [0.25, 0.3) is 22.6 Å². The number of hydrogen-bond donors (Lipinski definition) is 1. The Morgan fingerprint density at radius 1 is 0.958 bits per heavy atom. The van der Waals surface area contributed by atoms with Gasteiger partial charge in [-0.15, -0.1) is 11.6 Å². The molecule has 3 rings (SSSR count). The van der Waals surface area contributed by atoms with E-state index in [0.29, 0.717) is 16.6 Å². The molecule has 0 radical (unpaired) electrons. The first kappa shape index (κ1) is 16.1. The second kappa shape index (κ2) is 7.21. The van der Waals surface area contributed by atoms with Gasteiger partial charge in [-0.1, -0.05) is 60.7 Å². The third-order valence-electron chi connectivity index (χ3n) is 3.38. The van der Waals surface area contributed by atoms with E-state index in [2.05, 4.69) is 9.97 Å². The molecule has 3 aromatic rings. The van der Waals surface area contributed by atoms with E-state index >= 15 is 0 Å². The SMILES string of the molecule is O=C(CCl)N(O)c1cc(-c2ccccc2)nc(-c2ccccc2)n1. The molecule has 0 atom stereocenters. The fourth-order valence-electron chi connectivity index (χ4n) is 2.20. The first-order valence-corrected chi connectivity index (χ1v) is 7.80. The lowest BCUT2D eigenvalue weighted by Crippen LogP contribution is -2.29. The summed E-state index contributed by atoms with van der Waals surface area (Å²) < 4.78 is 0. The van der Waals surface area contributed by atoms with Crippen molar-refractivity contribution in [2.45, 2.75) is 0 Å². The fourth-order valence-corrected chi connectivity index (χ4v) is 2.31. The van der Waals surface area contributed by atoms with Crippen molar-refractivity contribution < 1.29 is 10.0 Å². The third-order valence-corrected chi connectivity index (χ3v) is 3.61. The summed E-state index contributed by atoms with van der Waals surface area (Å²) in [6, 6.07) is 20.4. The average Bonchev–Trinajstić information content (AvgIpc) is 2.67. The van der Waals surface area contributed by atoms with E-state index in [1.165, 1.54) is 0 Å². The van der Waals surface area contributed by atoms with Gasteiger partial charge in [-0.2, -0.15) is 5.06 Å². The van der Waals surface area contributed by atoms with Gasteiger partial charge in [0.05, 0.1) is 5.69 Å². The summed E-state index contributed by atoms with van der Waals surface area (Å²) >= 11 is 5.52. The summed E-state index contributed by atoms with van der Waals surface area (Å²) in [5, 5.41) is 10.5. The normalized spacial score (nSPS) is 10.4. The van der Waals surface area contributed by atoms with E-state index < -0.39 is 5.91 Å². The van der Waals surface area contributed by atoms with Crippen molar-refractivity contribution in [3.8, 4) is 22.6 Å². The van der Waals surface area contributed by atoms with E-state index in [4.69, 9.17) is 11.6 Å². The van der Waals surface area contributed by atoms with Crippen LogP contribution in [0.2, 0.25) is 0 Å². The molecule has 0 fully saturated rings. The minimum Gasteiger partial charge on any atom is -0.279 e. The summed E-state index contributed by atoms with van der Waals surface area (Å²) in [7, 11) is 0. The van der Waals surface area contributed by atoms with E-state index in [1.807, 2.05) is 60.7 Å². The number of alkyl halides is 1. The van der Waals surface area contributed by atoms with Crippen molar-refractivity contribution in [2.75, 3.05) is 10.9 Å². The Morgan fingerprint density at radius 2 is 1.54 bits per heavy atom. The highest BCUT2D eigenvalue weighted by molar-refractivity contribution is 6.29. The highest BCUT2D eigenvalue weighted by Crippen LogP contribution is 2.25. The van der Waals surface area contributed by atoms with Crippen LogP contribution in [0.15, 0.2) is 66.7 Å². The topological polar surface area (TPSA) is 66.3 Å². The number of carbonyl (C=O) groups is 1. The summed E-state index contributed by atoms with van der Waals surface area (Å²) in [4.78, 5) is 20.5. The van der Waals surface area contributed by atoms with Gasteiger partial charge in [0, 0.05) is 17.2 Å². The molecule has 1 amide bonds. The molecule has 0 aliphatic rings. The standard InChI is InChI=1S/C18H14ClN3O2/c19-12-17(23)22(24)16-11-15(13-7-3-1-4-8-13)20-18(21-16)14-9-5-2-6-10-14/h1-11,24H,12H2. The molecule has 0 saturated carbocycles. The molecule has 1 N–H and O–H groups in total. The van der Waals surface area contributed by atoms with Gasteiger partial charge in [0.1, 0.15) is 5.88 Å². The van der Waals surface area contributed by atoms with Crippen LogP contribution in [0.5, 0.6) is 0 Å². The number of anilines is 1. The maximum Gasteiger partial charge on any atom is 0.267 e. The summed E-state index contributed by atoms with van der Waals surface area (Å²) in [6.07, 6.45) is 0. The van der Waals surface area contributed by atoms with Crippen LogP contribution in [0.3, 0.4) is 0 Å². The molecule has 0 unspecified atom stereocenters. The van der Waals surface area contributed by atoms with Crippen molar-refractivity contribution in [1.82, 2.24) is 9.97 Å². The Morgan fingerprint density at radius 3 is 2.12 bits per heavy atom. The van der Waals surface area contributed by atoms with Crippen LogP contribution >= 0.6 is 11.6 Å². The van der Waals surface area contributed by atoms with Crippen molar-refractivity contribution in [3.63, 3.8) is 0 Å². The molecular weight excluding hydrogens is 326 g/mol. The number of nitrogens with zero attached hydrogens (tertiary/aromatic N) is 3. The molecule has 0 aliphatic heterocycles. The van der Waals surface area contributed by atoms with Crippen molar-refractivity contribution >= 4 is 23.3 Å². The van der Waals surface area contributed by atoms with Crippen LogP contribution in [-0.4, -0.2) is 27.0 Å². The van der Waals surface area contributed by atoms with Gasteiger partial charge >= 0.3 is 0 Å². The van der Waals surface area contributed by atoms with Crippen LogP contribution in [-0.2, 0) is 4.79 Å². The van der Waals surface area contributed by atoms with Crippen LogP contribution in [0.1, 0.15) is 0 Å². The highest BCUT2D eigenvalue weighted by Gasteiger charge is 2.17. The minimum absolute atomic E-state index is 0.0772. The number of hydrogen-bond acceptors (Lipinski definition) is 4. The molecule has 24 heavy (non-hydrogen) atoms. The van der Waals surface area contributed by atoms with Crippen LogP contribution in [0, 0.1) is 0 Å². The molecule has 6 heteroatoms. The number of hydroxylamine groups is 1. The third kappa shape index (κ3) is 3.42. The zero-order chi connectivity index (χ0) is 16.9. The first-order valence-electron chi connectivity index (χ1n) is 7.27. The smallest absolute Gasteiger partial charge is 0.267 e. The second-order valence-corrected chi connectivity index (χ2v) is 5.27. The number of benzene rings is 2. The molecule has 0 saturated heterocycles. The number of rotatable bonds is 4. The summed E-state index contributed by atoms with van der Waals surface area (Å²) in [5.74, 6) is -0.517. The Balaban J connectivity index is 2.14. The Bertz CT molecular complexity index is 784. The molecule has 1 aromatic heterocycles. The zero-order valence-corrected chi connectivity index (χ0v) is 13.4. The molecule has 120 valence electrons. The lowest BCUT2D eigenvalue weighted by atomic mass is 10.1. The van der Waals surface area contributed by atoms with Crippen molar-refractivity contribution in [1.29, 1.82) is 0 Å². The fraction of sp³-hybridized carbons (Fsp3) is 0.0556. The van der Waals surface area contributed by atoms with Crippen LogP contribution in [0.4, 0.5) is 5.82 Å². The number of carbonyl (C=O) groups excluding carboxylic acids is 1.